The number of carbonyl (C=O) groups is 1. The highest BCUT2D eigenvalue weighted by atomic mass is 79.9. The van der Waals surface area contributed by atoms with Crippen LogP contribution in [0.1, 0.15) is 11.1 Å². The summed E-state index contributed by atoms with van der Waals surface area (Å²) < 4.78 is 16.8. The van der Waals surface area contributed by atoms with Crippen LogP contribution in [-0.4, -0.2) is 12.6 Å². The fraction of sp³-hybridized carbons (Fsp3) is 0.158. The van der Waals surface area contributed by atoms with Gasteiger partial charge in [0.25, 0.3) is 0 Å². The summed E-state index contributed by atoms with van der Waals surface area (Å²) in [6, 6.07) is 11.8. The van der Waals surface area contributed by atoms with Gasteiger partial charge in [0.15, 0.2) is 6.61 Å². The maximum Gasteiger partial charge on any atom is 0.349 e. The number of rotatable bonds is 4. The number of benzene rings is 2. The molecular weight excluding hydrogens is 388 g/mol. The fourth-order valence-corrected chi connectivity index (χ4v) is 2.63. The maximum atomic E-state index is 12.0. The first kappa shape index (κ1) is 17.2. The van der Waals surface area contributed by atoms with E-state index in [1.54, 1.807) is 18.2 Å². The summed E-state index contributed by atoms with van der Waals surface area (Å²) in [6.45, 7) is 3.52. The standard InChI is InChI=1S/C19H15BrO5/c1-11-8-18(21)25-17-9-14(3-5-15(11)17)24-19(22)10-23-13-4-6-16(20)12(2)7-13/h3-9H,10H2,1-2H3. The van der Waals surface area contributed by atoms with E-state index in [2.05, 4.69) is 15.9 Å². The Hall–Kier alpha value is -2.60. The molecule has 2 aromatic carbocycles. The molecule has 0 amide bonds. The number of hydrogen-bond donors (Lipinski definition) is 0. The van der Waals surface area contributed by atoms with Gasteiger partial charge in [0.1, 0.15) is 17.1 Å². The Balaban J connectivity index is 1.69. The number of esters is 1. The highest BCUT2D eigenvalue weighted by Crippen LogP contribution is 2.23. The van der Waals surface area contributed by atoms with E-state index in [0.717, 1.165) is 21.0 Å². The van der Waals surface area contributed by atoms with Gasteiger partial charge in [0, 0.05) is 22.0 Å². The fourth-order valence-electron chi connectivity index (χ4n) is 2.38. The van der Waals surface area contributed by atoms with Crippen molar-refractivity contribution < 1.29 is 18.7 Å². The number of halogens is 1. The van der Waals surface area contributed by atoms with E-state index in [9.17, 15) is 9.59 Å². The van der Waals surface area contributed by atoms with E-state index < -0.39 is 11.6 Å². The van der Waals surface area contributed by atoms with Crippen molar-refractivity contribution in [3.63, 3.8) is 0 Å². The van der Waals surface area contributed by atoms with E-state index in [-0.39, 0.29) is 6.61 Å². The first-order valence-electron chi connectivity index (χ1n) is 7.56. The Morgan fingerprint density at radius 2 is 1.80 bits per heavy atom. The number of carbonyl (C=O) groups excluding carboxylic acids is 1. The molecule has 0 saturated carbocycles. The van der Waals surface area contributed by atoms with Gasteiger partial charge in [-0.3, -0.25) is 0 Å². The molecule has 0 fully saturated rings. The minimum Gasteiger partial charge on any atom is -0.482 e. The molecule has 0 aliphatic carbocycles. The molecule has 0 saturated heterocycles. The molecule has 6 heteroatoms. The summed E-state index contributed by atoms with van der Waals surface area (Å²) in [5.74, 6) is 0.328. The van der Waals surface area contributed by atoms with Crippen LogP contribution in [-0.2, 0) is 4.79 Å². The molecule has 3 aromatic rings. The molecular formula is C19H15BrO5. The van der Waals surface area contributed by atoms with Gasteiger partial charge in [0.05, 0.1) is 0 Å². The molecule has 0 aliphatic rings. The lowest BCUT2D eigenvalue weighted by molar-refractivity contribution is -0.136. The quantitative estimate of drug-likeness (QED) is 0.372. The van der Waals surface area contributed by atoms with Crippen molar-refractivity contribution in [1.29, 1.82) is 0 Å². The molecule has 0 radical (unpaired) electrons. The summed E-state index contributed by atoms with van der Waals surface area (Å²) in [5.41, 5.74) is 1.74. The van der Waals surface area contributed by atoms with Crippen molar-refractivity contribution in [1.82, 2.24) is 0 Å². The molecule has 25 heavy (non-hydrogen) atoms. The largest absolute Gasteiger partial charge is 0.482 e. The van der Waals surface area contributed by atoms with E-state index in [0.29, 0.717) is 17.1 Å². The lowest BCUT2D eigenvalue weighted by Gasteiger charge is -2.08. The lowest BCUT2D eigenvalue weighted by atomic mass is 10.1. The third-order valence-electron chi connectivity index (χ3n) is 3.64. The van der Waals surface area contributed by atoms with Crippen molar-refractivity contribution in [3.05, 3.63) is 68.5 Å². The van der Waals surface area contributed by atoms with Crippen molar-refractivity contribution in [2.24, 2.45) is 0 Å². The van der Waals surface area contributed by atoms with Crippen LogP contribution in [0.25, 0.3) is 11.0 Å². The minimum atomic E-state index is -0.546. The first-order chi connectivity index (χ1) is 11.9. The molecule has 0 bridgehead atoms. The average Bonchev–Trinajstić information content (AvgIpc) is 2.55. The Morgan fingerprint density at radius 3 is 2.56 bits per heavy atom. The molecule has 1 heterocycles. The van der Waals surface area contributed by atoms with Gasteiger partial charge in [-0.25, -0.2) is 9.59 Å². The average molecular weight is 403 g/mol. The van der Waals surface area contributed by atoms with Gasteiger partial charge in [-0.1, -0.05) is 15.9 Å². The van der Waals surface area contributed by atoms with Crippen LogP contribution in [0.3, 0.4) is 0 Å². The van der Waals surface area contributed by atoms with Gasteiger partial charge in [-0.05, 0) is 55.3 Å². The van der Waals surface area contributed by atoms with Crippen LogP contribution in [0.5, 0.6) is 11.5 Å². The van der Waals surface area contributed by atoms with Crippen LogP contribution in [0.15, 0.2) is 56.1 Å². The van der Waals surface area contributed by atoms with Crippen molar-refractivity contribution in [2.45, 2.75) is 13.8 Å². The molecule has 0 aliphatic heterocycles. The van der Waals surface area contributed by atoms with Crippen molar-refractivity contribution in [2.75, 3.05) is 6.61 Å². The first-order valence-corrected chi connectivity index (χ1v) is 8.36. The van der Waals surface area contributed by atoms with Gasteiger partial charge in [0.2, 0.25) is 0 Å². The Kier molecular flexibility index (Phi) is 4.90. The van der Waals surface area contributed by atoms with E-state index in [1.165, 1.54) is 12.1 Å². The summed E-state index contributed by atoms with van der Waals surface area (Å²) in [7, 11) is 0. The molecule has 128 valence electrons. The zero-order chi connectivity index (χ0) is 18.0. The van der Waals surface area contributed by atoms with Crippen LogP contribution in [0.2, 0.25) is 0 Å². The van der Waals surface area contributed by atoms with Gasteiger partial charge in [-0.2, -0.15) is 0 Å². The summed E-state index contributed by atoms with van der Waals surface area (Å²) >= 11 is 3.41. The number of aryl methyl sites for hydroxylation is 2. The number of ether oxygens (including phenoxy) is 2. The smallest absolute Gasteiger partial charge is 0.349 e. The topological polar surface area (TPSA) is 65.7 Å². The minimum absolute atomic E-state index is 0.225. The van der Waals surface area contributed by atoms with Gasteiger partial charge in [-0.15, -0.1) is 0 Å². The monoisotopic (exact) mass is 402 g/mol. The lowest BCUT2D eigenvalue weighted by Crippen LogP contribution is -2.17. The second-order valence-corrected chi connectivity index (χ2v) is 6.43. The normalized spacial score (nSPS) is 10.7. The summed E-state index contributed by atoms with van der Waals surface area (Å²) in [4.78, 5) is 23.4. The molecule has 5 nitrogen and oxygen atoms in total. The third kappa shape index (κ3) is 4.09. The second kappa shape index (κ2) is 7.11. The zero-order valence-corrected chi connectivity index (χ0v) is 15.3. The highest BCUT2D eigenvalue weighted by Gasteiger charge is 2.09. The third-order valence-corrected chi connectivity index (χ3v) is 4.53. The van der Waals surface area contributed by atoms with Crippen LogP contribution in [0.4, 0.5) is 0 Å². The summed E-state index contributed by atoms with van der Waals surface area (Å²) in [6.07, 6.45) is 0. The SMILES string of the molecule is Cc1cc(OCC(=O)Oc2ccc3c(C)cc(=O)oc3c2)ccc1Br. The van der Waals surface area contributed by atoms with E-state index >= 15 is 0 Å². The second-order valence-electron chi connectivity index (χ2n) is 5.58. The van der Waals surface area contributed by atoms with Crippen LogP contribution < -0.4 is 15.1 Å². The van der Waals surface area contributed by atoms with Crippen LogP contribution in [0, 0.1) is 13.8 Å². The molecule has 0 atom stereocenters. The Bertz CT molecular complexity index is 1010. The molecule has 1 aromatic heterocycles. The number of fused-ring (bicyclic) bond motifs is 1. The van der Waals surface area contributed by atoms with E-state index in [4.69, 9.17) is 13.9 Å². The number of hydrogen-bond acceptors (Lipinski definition) is 5. The Labute approximate surface area is 152 Å². The van der Waals surface area contributed by atoms with E-state index in [1.807, 2.05) is 26.0 Å². The predicted molar refractivity (Wildman–Crippen MR) is 97.2 cm³/mol. The summed E-state index contributed by atoms with van der Waals surface area (Å²) in [5, 5.41) is 0.793. The molecule has 0 N–H and O–H groups in total. The van der Waals surface area contributed by atoms with Gasteiger partial charge >= 0.3 is 11.6 Å². The van der Waals surface area contributed by atoms with Gasteiger partial charge < -0.3 is 13.9 Å². The van der Waals surface area contributed by atoms with Crippen molar-refractivity contribution in [3.8, 4) is 11.5 Å². The molecule has 0 spiro atoms. The molecule has 0 unspecified atom stereocenters. The van der Waals surface area contributed by atoms with Crippen LogP contribution >= 0.6 is 15.9 Å². The zero-order valence-electron chi connectivity index (χ0n) is 13.7. The maximum absolute atomic E-state index is 12.0. The highest BCUT2D eigenvalue weighted by molar-refractivity contribution is 9.10. The molecule has 3 rings (SSSR count). The predicted octanol–water partition coefficient (Wildman–Crippen LogP) is 4.16. The van der Waals surface area contributed by atoms with Crippen molar-refractivity contribution >= 4 is 32.9 Å². The Morgan fingerprint density at radius 1 is 1.04 bits per heavy atom.